The van der Waals surface area contributed by atoms with Gasteiger partial charge in [0.15, 0.2) is 0 Å². The predicted octanol–water partition coefficient (Wildman–Crippen LogP) is 7.10. The highest BCUT2D eigenvalue weighted by Crippen LogP contribution is 2.52. The minimum Gasteiger partial charge on any atom is -0.294 e. The van der Waals surface area contributed by atoms with E-state index in [4.69, 9.17) is 44.2 Å². The number of nitrogens with zero attached hydrogens (tertiary/aromatic N) is 2. The molecule has 10 aromatic rings. The van der Waals surface area contributed by atoms with Crippen molar-refractivity contribution in [2.75, 3.05) is 0 Å². The van der Waals surface area contributed by atoms with E-state index in [0.29, 0.717) is 11.5 Å². The van der Waals surface area contributed by atoms with Gasteiger partial charge in [0.1, 0.15) is 45.1 Å². The molecule has 10 radical (unpaired) electrons. The Balaban J connectivity index is 1.23. The molecule has 0 fully saturated rings. The van der Waals surface area contributed by atoms with Gasteiger partial charge in [0, 0.05) is 11.3 Å². The van der Waals surface area contributed by atoms with Crippen LogP contribution in [-0.4, -0.2) is 48.8 Å². The van der Waals surface area contributed by atoms with Crippen LogP contribution >= 0.6 is 0 Å². The maximum atomic E-state index is 6.75. The highest BCUT2D eigenvalue weighted by molar-refractivity contribution is 6.68. The molecule has 0 saturated carbocycles. The molecular weight excluding hydrogens is 671 g/mol. The Morgan fingerprint density at radius 3 is 1.39 bits per heavy atom. The van der Waals surface area contributed by atoms with E-state index >= 15 is 0 Å². The first-order chi connectivity index (χ1) is 27.4. The molecule has 0 aliphatic heterocycles. The van der Waals surface area contributed by atoms with Crippen molar-refractivity contribution in [1.29, 1.82) is 0 Å². The number of hydrogen-bond acceptors (Lipinski definition) is 1. The summed E-state index contributed by atoms with van der Waals surface area (Å²) >= 11 is 0. The van der Waals surface area contributed by atoms with Crippen molar-refractivity contribution < 1.29 is 0 Å². The van der Waals surface area contributed by atoms with Crippen LogP contribution in [0.1, 0.15) is 0 Å². The summed E-state index contributed by atoms with van der Waals surface area (Å²) in [6.07, 6.45) is 0. The first-order valence-electron chi connectivity index (χ1n) is 18.6. The fourth-order valence-corrected chi connectivity index (χ4v) is 9.14. The average Bonchev–Trinajstić information content (AvgIpc) is 3.79. The molecule has 1 aliphatic rings. The third-order valence-electron chi connectivity index (χ3n) is 11.6. The van der Waals surface area contributed by atoms with E-state index in [-0.39, 0.29) is 27.3 Å². The maximum Gasteiger partial charge on any atom is 0.146 e. The second-order valence-corrected chi connectivity index (χ2v) is 14.5. The molecule has 56 heavy (non-hydrogen) atoms. The molecular formula is C49H25B5N2. The molecule has 0 N–H and O–H groups in total. The first-order valence-corrected chi connectivity index (χ1v) is 18.6. The van der Waals surface area contributed by atoms with Crippen LogP contribution in [0.4, 0.5) is 0 Å². The summed E-state index contributed by atoms with van der Waals surface area (Å²) in [5.74, 6) is 0.646. The van der Waals surface area contributed by atoms with Gasteiger partial charge in [-0.05, 0) is 89.0 Å². The van der Waals surface area contributed by atoms with Crippen LogP contribution in [0.2, 0.25) is 0 Å². The fourth-order valence-electron chi connectivity index (χ4n) is 9.14. The standard InChI is InChI=1S/C49H25B5N2/c50-43-44(51)46(53)48(47(54)45(43)52)56-39-23-10-9-22-38(39)55-49(56)37-19-8-7-18-34(37)41-29-14-3-5-16-31(29)42(32-17-6-4-15-30(32)41)36-25-24-35-27-13-2-1-12-26(27)28-20-11-21-33(36)40(28)35/h1-25H. The van der Waals surface area contributed by atoms with Gasteiger partial charge in [-0.25, -0.2) is 4.98 Å². The summed E-state index contributed by atoms with van der Waals surface area (Å²) in [6, 6.07) is 53.8. The van der Waals surface area contributed by atoms with Gasteiger partial charge in [-0.2, -0.15) is 0 Å². The number of benzene rings is 9. The SMILES string of the molecule is [B]c1c([B])c([B])c(-n2c(-c3ccccc3-c3c4ccccc4c(-c4ccc5c6c(cccc46)-c4ccccc4-5)c4ccccc34)nc3ccccc32)c([B])c1[B]. The summed E-state index contributed by atoms with van der Waals surface area (Å²) in [6.45, 7) is 0. The Hall–Kier alpha value is -6.45. The molecule has 11 rings (SSSR count). The lowest BCUT2D eigenvalue weighted by atomic mass is 9.61. The van der Waals surface area contributed by atoms with Crippen LogP contribution in [0.15, 0.2) is 152 Å². The minimum atomic E-state index is 0.165. The van der Waals surface area contributed by atoms with Crippen molar-refractivity contribution >= 4 is 110 Å². The largest absolute Gasteiger partial charge is 0.294 e. The van der Waals surface area contributed by atoms with Gasteiger partial charge in [-0.1, -0.05) is 150 Å². The molecule has 0 unspecified atom stereocenters. The molecule has 1 aromatic heterocycles. The molecule has 7 heteroatoms. The van der Waals surface area contributed by atoms with Gasteiger partial charge >= 0.3 is 0 Å². The highest BCUT2D eigenvalue weighted by Gasteiger charge is 2.26. The van der Waals surface area contributed by atoms with Crippen molar-refractivity contribution in [1.82, 2.24) is 9.55 Å². The molecule has 9 aromatic carbocycles. The molecule has 2 nitrogen and oxygen atoms in total. The lowest BCUT2D eigenvalue weighted by molar-refractivity contribution is 1.12. The zero-order chi connectivity index (χ0) is 37.8. The van der Waals surface area contributed by atoms with Crippen molar-refractivity contribution in [3.05, 3.63) is 152 Å². The average molecular weight is 696 g/mol. The van der Waals surface area contributed by atoms with Gasteiger partial charge in [0.05, 0.1) is 11.0 Å². The summed E-state index contributed by atoms with van der Waals surface area (Å²) < 4.78 is 1.97. The quantitative estimate of drug-likeness (QED) is 0.142. The molecule has 0 spiro atoms. The second kappa shape index (κ2) is 12.3. The van der Waals surface area contributed by atoms with E-state index in [1.807, 2.05) is 34.9 Å². The van der Waals surface area contributed by atoms with E-state index in [1.54, 1.807) is 0 Å². The topological polar surface area (TPSA) is 17.8 Å². The smallest absolute Gasteiger partial charge is 0.146 e. The lowest BCUT2D eigenvalue weighted by Crippen LogP contribution is -2.56. The van der Waals surface area contributed by atoms with Crippen LogP contribution in [0.5, 0.6) is 0 Å². The van der Waals surface area contributed by atoms with E-state index in [2.05, 4.69) is 121 Å². The molecule has 0 bridgehead atoms. The Morgan fingerprint density at radius 1 is 0.339 bits per heavy atom. The van der Waals surface area contributed by atoms with Gasteiger partial charge in [0.2, 0.25) is 0 Å². The number of imidazole rings is 1. The number of rotatable bonds is 4. The normalized spacial score (nSPS) is 11.9. The minimum absolute atomic E-state index is 0.165. The first kappa shape index (κ1) is 32.9. The van der Waals surface area contributed by atoms with E-state index < -0.39 is 0 Å². The zero-order valence-electron chi connectivity index (χ0n) is 30.2. The summed E-state index contributed by atoms with van der Waals surface area (Å²) in [4.78, 5) is 5.25. The van der Waals surface area contributed by atoms with Crippen LogP contribution in [0.3, 0.4) is 0 Å². The Morgan fingerprint density at radius 2 is 0.768 bits per heavy atom. The number of hydrogen-bond donors (Lipinski definition) is 0. The second-order valence-electron chi connectivity index (χ2n) is 14.5. The molecule has 0 saturated heterocycles. The van der Waals surface area contributed by atoms with Crippen LogP contribution in [-0.2, 0) is 0 Å². The van der Waals surface area contributed by atoms with E-state index in [1.165, 1.54) is 44.2 Å². The van der Waals surface area contributed by atoms with Gasteiger partial charge in [-0.15, -0.1) is 16.4 Å². The van der Waals surface area contributed by atoms with Crippen molar-refractivity contribution in [2.45, 2.75) is 0 Å². The molecule has 0 atom stereocenters. The monoisotopic (exact) mass is 696 g/mol. The number of fused-ring (bicyclic) bond motifs is 6. The summed E-state index contributed by atoms with van der Waals surface area (Å²) in [7, 11) is 32.7. The highest BCUT2D eigenvalue weighted by atomic mass is 15.1. The molecule has 1 aliphatic carbocycles. The third-order valence-corrected chi connectivity index (χ3v) is 11.6. The van der Waals surface area contributed by atoms with E-state index in [9.17, 15) is 0 Å². The van der Waals surface area contributed by atoms with Crippen LogP contribution < -0.4 is 27.3 Å². The van der Waals surface area contributed by atoms with Gasteiger partial charge in [-0.3, -0.25) is 4.57 Å². The van der Waals surface area contributed by atoms with Crippen molar-refractivity contribution in [3.63, 3.8) is 0 Å². The maximum absolute atomic E-state index is 6.75. The Labute approximate surface area is 331 Å². The molecule has 246 valence electrons. The number of aromatic nitrogens is 2. The van der Waals surface area contributed by atoms with Crippen LogP contribution in [0.25, 0.3) is 105 Å². The predicted molar refractivity (Wildman–Crippen MR) is 241 cm³/mol. The van der Waals surface area contributed by atoms with Crippen molar-refractivity contribution in [3.8, 4) is 61.6 Å². The summed E-state index contributed by atoms with van der Waals surface area (Å²) in [5.41, 5.74) is 13.6. The Bertz CT molecular complexity index is 3210. The molecule has 1 heterocycles. The van der Waals surface area contributed by atoms with Crippen LogP contribution in [0, 0.1) is 0 Å². The Kier molecular flexibility index (Phi) is 7.22. The van der Waals surface area contributed by atoms with E-state index in [0.717, 1.165) is 49.3 Å². The number of para-hydroxylation sites is 2. The van der Waals surface area contributed by atoms with Gasteiger partial charge < -0.3 is 0 Å². The molecule has 0 amide bonds. The van der Waals surface area contributed by atoms with Crippen molar-refractivity contribution in [2.24, 2.45) is 0 Å². The third kappa shape index (κ3) is 4.49. The fraction of sp³-hybridized carbons (Fsp3) is 0. The van der Waals surface area contributed by atoms with Gasteiger partial charge in [0.25, 0.3) is 0 Å². The summed E-state index contributed by atoms with van der Waals surface area (Å²) in [5, 5.41) is 7.12. The lowest BCUT2D eigenvalue weighted by Gasteiger charge is -2.24. The zero-order valence-corrected chi connectivity index (χ0v) is 30.2.